The summed E-state index contributed by atoms with van der Waals surface area (Å²) in [6, 6.07) is 1.91. The zero-order chi connectivity index (χ0) is 12.3. The maximum absolute atomic E-state index is 13.4. The third-order valence-corrected chi connectivity index (χ3v) is 2.36. The average Bonchev–Trinajstić information content (AvgIpc) is 2.15. The van der Waals surface area contributed by atoms with Gasteiger partial charge in [-0.1, -0.05) is 0 Å². The summed E-state index contributed by atoms with van der Waals surface area (Å²) in [6.07, 6.45) is -1.41. The zero-order valence-corrected chi connectivity index (χ0v) is 9.86. The van der Waals surface area contributed by atoms with Crippen LogP contribution in [-0.2, 0) is 4.74 Å². The molecule has 0 unspecified atom stereocenters. The Hall–Kier alpha value is -1.31. The van der Waals surface area contributed by atoms with Crippen LogP contribution in [0.5, 0.6) is 0 Å². The standard InChI is InChI=1S/C11H17FN2O2/c1-11(2,3)16-10(15)14-5-4-8(6-13)9(12)7-14/h8-9H,4-5,7H2,1-3H3/t8-,9-/m0/s1. The molecular weight excluding hydrogens is 211 g/mol. The molecular formula is C11H17FN2O2. The molecule has 1 aliphatic rings. The number of carbonyl (C=O) groups is 1. The fourth-order valence-electron chi connectivity index (χ4n) is 1.54. The van der Waals surface area contributed by atoms with Crippen molar-refractivity contribution in [1.29, 1.82) is 5.26 Å². The fourth-order valence-corrected chi connectivity index (χ4v) is 1.54. The number of rotatable bonds is 0. The van der Waals surface area contributed by atoms with E-state index in [0.29, 0.717) is 13.0 Å². The number of carbonyl (C=O) groups excluding carboxylic acids is 1. The summed E-state index contributed by atoms with van der Waals surface area (Å²) in [5, 5.41) is 8.65. The quantitative estimate of drug-likeness (QED) is 0.638. The summed E-state index contributed by atoms with van der Waals surface area (Å²) in [6.45, 7) is 5.63. The lowest BCUT2D eigenvalue weighted by molar-refractivity contribution is 0.00962. The summed E-state index contributed by atoms with van der Waals surface area (Å²) in [5.74, 6) is -0.598. The van der Waals surface area contributed by atoms with Gasteiger partial charge in [0.05, 0.1) is 18.5 Å². The van der Waals surface area contributed by atoms with Crippen LogP contribution >= 0.6 is 0 Å². The average molecular weight is 228 g/mol. The van der Waals surface area contributed by atoms with Gasteiger partial charge in [0.25, 0.3) is 0 Å². The Morgan fingerprint density at radius 2 is 2.19 bits per heavy atom. The Bertz CT molecular complexity index is 306. The second-order valence-corrected chi connectivity index (χ2v) is 4.97. The molecule has 0 spiro atoms. The third kappa shape index (κ3) is 3.37. The molecule has 1 heterocycles. The number of halogens is 1. The predicted molar refractivity (Wildman–Crippen MR) is 56.4 cm³/mol. The lowest BCUT2D eigenvalue weighted by Crippen LogP contribution is -2.46. The molecule has 0 aliphatic carbocycles. The van der Waals surface area contributed by atoms with Gasteiger partial charge in [-0.15, -0.1) is 0 Å². The van der Waals surface area contributed by atoms with Crippen molar-refractivity contribution in [3.8, 4) is 6.07 Å². The van der Waals surface area contributed by atoms with Crippen LogP contribution in [0, 0.1) is 17.2 Å². The number of hydrogen-bond donors (Lipinski definition) is 0. The van der Waals surface area contributed by atoms with Crippen molar-refractivity contribution in [3.05, 3.63) is 0 Å². The van der Waals surface area contributed by atoms with Crippen LogP contribution in [0.25, 0.3) is 0 Å². The Labute approximate surface area is 95.0 Å². The Kier molecular flexibility index (Phi) is 3.74. The van der Waals surface area contributed by atoms with E-state index in [4.69, 9.17) is 10.00 Å². The molecule has 16 heavy (non-hydrogen) atoms. The van der Waals surface area contributed by atoms with Gasteiger partial charge in [-0.05, 0) is 27.2 Å². The highest BCUT2D eigenvalue weighted by Crippen LogP contribution is 2.21. The molecule has 4 nitrogen and oxygen atoms in total. The number of alkyl halides is 1. The first kappa shape index (κ1) is 12.8. The third-order valence-electron chi connectivity index (χ3n) is 2.36. The van der Waals surface area contributed by atoms with Gasteiger partial charge in [-0.25, -0.2) is 9.18 Å². The van der Waals surface area contributed by atoms with Gasteiger partial charge in [0, 0.05) is 6.54 Å². The maximum Gasteiger partial charge on any atom is 0.410 e. The molecule has 0 aromatic rings. The minimum atomic E-state index is -1.27. The molecule has 1 rings (SSSR count). The van der Waals surface area contributed by atoms with Crippen LogP contribution < -0.4 is 0 Å². The first-order valence-electron chi connectivity index (χ1n) is 5.35. The van der Waals surface area contributed by atoms with Gasteiger partial charge >= 0.3 is 6.09 Å². The van der Waals surface area contributed by atoms with Gasteiger partial charge in [0.2, 0.25) is 0 Å². The van der Waals surface area contributed by atoms with Crippen molar-refractivity contribution in [1.82, 2.24) is 4.90 Å². The summed E-state index contributed by atoms with van der Waals surface area (Å²) in [4.78, 5) is 12.9. The summed E-state index contributed by atoms with van der Waals surface area (Å²) >= 11 is 0. The summed E-state index contributed by atoms with van der Waals surface area (Å²) in [5.41, 5.74) is -0.574. The molecule has 2 atom stereocenters. The Balaban J connectivity index is 2.52. The number of nitrogens with zero attached hydrogens (tertiary/aromatic N) is 2. The monoisotopic (exact) mass is 228 g/mol. The second kappa shape index (κ2) is 4.69. The van der Waals surface area contributed by atoms with E-state index in [1.54, 1.807) is 20.8 Å². The number of hydrogen-bond acceptors (Lipinski definition) is 3. The van der Waals surface area contributed by atoms with E-state index in [1.807, 2.05) is 6.07 Å². The van der Waals surface area contributed by atoms with Crippen molar-refractivity contribution in [2.45, 2.75) is 39.0 Å². The number of amides is 1. The van der Waals surface area contributed by atoms with Crippen molar-refractivity contribution >= 4 is 6.09 Å². The molecule has 0 radical (unpaired) electrons. The number of nitriles is 1. The molecule has 1 fully saturated rings. The van der Waals surface area contributed by atoms with E-state index in [2.05, 4.69) is 0 Å². The maximum atomic E-state index is 13.4. The van der Waals surface area contributed by atoms with E-state index in [0.717, 1.165) is 0 Å². The molecule has 0 aromatic heterocycles. The highest BCUT2D eigenvalue weighted by atomic mass is 19.1. The Morgan fingerprint density at radius 1 is 1.56 bits per heavy atom. The molecule has 0 saturated carbocycles. The van der Waals surface area contributed by atoms with Crippen LogP contribution in [-0.4, -0.2) is 35.9 Å². The van der Waals surface area contributed by atoms with Gasteiger partial charge in [-0.2, -0.15) is 5.26 Å². The number of likely N-dealkylation sites (tertiary alicyclic amines) is 1. The number of ether oxygens (including phenoxy) is 1. The number of piperidine rings is 1. The van der Waals surface area contributed by atoms with Gasteiger partial charge < -0.3 is 9.64 Å². The Morgan fingerprint density at radius 3 is 2.62 bits per heavy atom. The normalized spacial score (nSPS) is 26.1. The van der Waals surface area contributed by atoms with Crippen molar-refractivity contribution < 1.29 is 13.9 Å². The smallest absolute Gasteiger partial charge is 0.410 e. The predicted octanol–water partition coefficient (Wildman–Crippen LogP) is 2.11. The van der Waals surface area contributed by atoms with Crippen LogP contribution in [0.2, 0.25) is 0 Å². The van der Waals surface area contributed by atoms with E-state index < -0.39 is 23.8 Å². The molecule has 0 aromatic carbocycles. The SMILES string of the molecule is CC(C)(C)OC(=O)N1CC[C@@H](C#N)[C@@H](F)C1. The minimum Gasteiger partial charge on any atom is -0.444 e. The fraction of sp³-hybridized carbons (Fsp3) is 0.818. The largest absolute Gasteiger partial charge is 0.444 e. The molecule has 1 saturated heterocycles. The van der Waals surface area contributed by atoms with Crippen molar-refractivity contribution in [3.63, 3.8) is 0 Å². The van der Waals surface area contributed by atoms with Crippen LogP contribution in [0.4, 0.5) is 9.18 Å². The lowest BCUT2D eigenvalue weighted by atomic mass is 9.97. The lowest BCUT2D eigenvalue weighted by Gasteiger charge is -2.33. The summed E-state index contributed by atoms with van der Waals surface area (Å²) < 4.78 is 18.6. The molecule has 0 bridgehead atoms. The van der Waals surface area contributed by atoms with E-state index in [-0.39, 0.29) is 6.54 Å². The van der Waals surface area contributed by atoms with E-state index in [9.17, 15) is 9.18 Å². The first-order chi connectivity index (χ1) is 7.33. The zero-order valence-electron chi connectivity index (χ0n) is 9.86. The summed E-state index contributed by atoms with van der Waals surface area (Å²) in [7, 11) is 0. The van der Waals surface area contributed by atoms with Gasteiger partial charge in [-0.3, -0.25) is 0 Å². The molecule has 90 valence electrons. The first-order valence-corrected chi connectivity index (χ1v) is 5.35. The van der Waals surface area contributed by atoms with Crippen LogP contribution in [0.1, 0.15) is 27.2 Å². The molecule has 5 heteroatoms. The van der Waals surface area contributed by atoms with Crippen LogP contribution in [0.15, 0.2) is 0 Å². The van der Waals surface area contributed by atoms with E-state index >= 15 is 0 Å². The molecule has 1 amide bonds. The van der Waals surface area contributed by atoms with Crippen molar-refractivity contribution in [2.75, 3.05) is 13.1 Å². The van der Waals surface area contributed by atoms with Crippen molar-refractivity contribution in [2.24, 2.45) is 5.92 Å². The van der Waals surface area contributed by atoms with Gasteiger partial charge in [0.15, 0.2) is 0 Å². The second-order valence-electron chi connectivity index (χ2n) is 4.97. The molecule has 0 N–H and O–H groups in total. The highest BCUT2D eigenvalue weighted by Gasteiger charge is 2.33. The van der Waals surface area contributed by atoms with Crippen LogP contribution in [0.3, 0.4) is 0 Å². The van der Waals surface area contributed by atoms with E-state index in [1.165, 1.54) is 4.90 Å². The molecule has 1 aliphatic heterocycles. The van der Waals surface area contributed by atoms with Gasteiger partial charge in [0.1, 0.15) is 11.8 Å². The highest BCUT2D eigenvalue weighted by molar-refractivity contribution is 5.68. The minimum absolute atomic E-state index is 0.0485. The topological polar surface area (TPSA) is 53.3 Å².